The van der Waals surface area contributed by atoms with Crippen LogP contribution in [0.15, 0.2) is 12.3 Å². The highest BCUT2D eigenvalue weighted by atomic mass is 16.5. The zero-order chi connectivity index (χ0) is 16.1. The normalized spacial score (nSPS) is 21.6. The highest BCUT2D eigenvalue weighted by Crippen LogP contribution is 2.25. The Morgan fingerprint density at radius 2 is 2.09 bits per heavy atom. The summed E-state index contributed by atoms with van der Waals surface area (Å²) in [5.41, 5.74) is 1.05. The van der Waals surface area contributed by atoms with Gasteiger partial charge in [-0.2, -0.15) is 0 Å². The number of nitrogens with zero attached hydrogens (tertiary/aromatic N) is 1. The molecule has 5 nitrogen and oxygen atoms in total. The third-order valence-electron chi connectivity index (χ3n) is 4.40. The van der Waals surface area contributed by atoms with E-state index in [1.54, 1.807) is 23.9 Å². The van der Waals surface area contributed by atoms with Gasteiger partial charge in [0.15, 0.2) is 5.78 Å². The fraction of sp³-hybridized carbons (Fsp3) is 0.647. The van der Waals surface area contributed by atoms with Crippen molar-refractivity contribution in [1.29, 1.82) is 0 Å². The van der Waals surface area contributed by atoms with Gasteiger partial charge in [-0.05, 0) is 31.7 Å². The van der Waals surface area contributed by atoms with Crippen LogP contribution in [0, 0.1) is 5.92 Å². The molecule has 0 bridgehead atoms. The first-order valence-electron chi connectivity index (χ1n) is 8.06. The van der Waals surface area contributed by atoms with Gasteiger partial charge in [0.25, 0.3) is 5.91 Å². The number of nitrogens with one attached hydrogen (secondary N) is 1. The topological polar surface area (TPSA) is 60.3 Å². The molecular formula is C17H26N2O3. The van der Waals surface area contributed by atoms with Crippen LogP contribution >= 0.6 is 0 Å². The summed E-state index contributed by atoms with van der Waals surface area (Å²) in [6.07, 6.45) is 6.88. The third-order valence-corrected chi connectivity index (χ3v) is 4.40. The van der Waals surface area contributed by atoms with Crippen LogP contribution in [-0.2, 0) is 11.8 Å². The standard InChI is InChI=1S/C17H26N2O3/c1-12-6-4-5-7-16(12)22-9-8-18-17(21)15-10-14(13(2)20)11-19(15)3/h10-12,16H,4-9H2,1-3H3,(H,18,21). The van der Waals surface area contributed by atoms with E-state index in [1.807, 2.05) is 0 Å². The minimum absolute atomic E-state index is 0.0377. The maximum atomic E-state index is 12.1. The summed E-state index contributed by atoms with van der Waals surface area (Å²) < 4.78 is 7.56. The van der Waals surface area contributed by atoms with Crippen molar-refractivity contribution in [3.8, 4) is 0 Å². The van der Waals surface area contributed by atoms with Crippen LogP contribution in [0.3, 0.4) is 0 Å². The molecule has 1 heterocycles. The first-order valence-corrected chi connectivity index (χ1v) is 8.06. The van der Waals surface area contributed by atoms with Crippen LogP contribution in [0.1, 0.15) is 60.4 Å². The predicted octanol–water partition coefficient (Wildman–Crippen LogP) is 2.55. The van der Waals surface area contributed by atoms with Crippen molar-refractivity contribution in [3.05, 3.63) is 23.5 Å². The molecule has 0 saturated heterocycles. The Labute approximate surface area is 132 Å². The van der Waals surface area contributed by atoms with Crippen LogP contribution in [0.5, 0.6) is 0 Å². The summed E-state index contributed by atoms with van der Waals surface area (Å²) in [5, 5.41) is 2.85. The Morgan fingerprint density at radius 3 is 2.73 bits per heavy atom. The summed E-state index contributed by atoms with van der Waals surface area (Å²) in [6.45, 7) is 4.75. The first kappa shape index (κ1) is 16.7. The Balaban J connectivity index is 1.77. The number of aryl methyl sites for hydroxylation is 1. The molecule has 5 heteroatoms. The number of ether oxygens (including phenoxy) is 1. The summed E-state index contributed by atoms with van der Waals surface area (Å²) >= 11 is 0. The molecule has 0 aromatic carbocycles. The Kier molecular flexibility index (Phi) is 5.77. The molecule has 22 heavy (non-hydrogen) atoms. The van der Waals surface area contributed by atoms with Gasteiger partial charge in [0.1, 0.15) is 5.69 Å². The van der Waals surface area contributed by atoms with Crippen molar-refractivity contribution in [1.82, 2.24) is 9.88 Å². The molecular weight excluding hydrogens is 280 g/mol. The number of carbonyl (C=O) groups excluding carboxylic acids is 2. The predicted molar refractivity (Wildman–Crippen MR) is 85.1 cm³/mol. The zero-order valence-corrected chi connectivity index (χ0v) is 13.7. The zero-order valence-electron chi connectivity index (χ0n) is 13.7. The third kappa shape index (κ3) is 4.19. The van der Waals surface area contributed by atoms with Crippen LogP contribution in [0.25, 0.3) is 0 Å². The van der Waals surface area contributed by atoms with Crippen molar-refractivity contribution in [2.75, 3.05) is 13.2 Å². The fourth-order valence-corrected chi connectivity index (χ4v) is 2.98. The van der Waals surface area contributed by atoms with Gasteiger partial charge in [0, 0.05) is 25.4 Å². The van der Waals surface area contributed by atoms with Crippen molar-refractivity contribution in [2.45, 2.75) is 45.6 Å². The van der Waals surface area contributed by atoms with E-state index < -0.39 is 0 Å². The quantitative estimate of drug-likeness (QED) is 0.649. The number of hydrogen-bond donors (Lipinski definition) is 1. The molecule has 1 saturated carbocycles. The number of aromatic nitrogens is 1. The number of Topliss-reactive ketones (excluding diaryl/α,β-unsaturated/α-hetero) is 1. The van der Waals surface area contributed by atoms with E-state index in [9.17, 15) is 9.59 Å². The average Bonchev–Trinajstić information content (AvgIpc) is 2.87. The molecule has 1 aliphatic carbocycles. The van der Waals surface area contributed by atoms with Gasteiger partial charge in [0.05, 0.1) is 12.7 Å². The van der Waals surface area contributed by atoms with E-state index in [-0.39, 0.29) is 11.7 Å². The second-order valence-corrected chi connectivity index (χ2v) is 6.21. The molecule has 2 atom stereocenters. The number of carbonyl (C=O) groups is 2. The van der Waals surface area contributed by atoms with E-state index in [2.05, 4.69) is 12.2 Å². The number of ketones is 1. The monoisotopic (exact) mass is 306 g/mol. The van der Waals surface area contributed by atoms with Crippen molar-refractivity contribution < 1.29 is 14.3 Å². The lowest BCUT2D eigenvalue weighted by molar-refractivity contribution is -0.00296. The molecule has 1 aromatic rings. The Hall–Kier alpha value is -1.62. The highest BCUT2D eigenvalue weighted by molar-refractivity contribution is 5.99. The molecule has 1 fully saturated rings. The number of amides is 1. The van der Waals surface area contributed by atoms with Gasteiger partial charge < -0.3 is 14.6 Å². The van der Waals surface area contributed by atoms with Gasteiger partial charge >= 0.3 is 0 Å². The van der Waals surface area contributed by atoms with Crippen molar-refractivity contribution in [2.24, 2.45) is 13.0 Å². The average molecular weight is 306 g/mol. The molecule has 1 aromatic heterocycles. The lowest BCUT2D eigenvalue weighted by Crippen LogP contribution is -2.32. The number of hydrogen-bond acceptors (Lipinski definition) is 3. The molecule has 2 unspecified atom stereocenters. The minimum Gasteiger partial charge on any atom is -0.376 e. The Morgan fingerprint density at radius 1 is 1.36 bits per heavy atom. The summed E-state index contributed by atoms with van der Waals surface area (Å²) in [5.74, 6) is 0.398. The van der Waals surface area contributed by atoms with E-state index >= 15 is 0 Å². The van der Waals surface area contributed by atoms with Gasteiger partial charge in [0.2, 0.25) is 0 Å². The second kappa shape index (κ2) is 7.58. The fourth-order valence-electron chi connectivity index (χ4n) is 2.98. The summed E-state index contributed by atoms with van der Waals surface area (Å²) in [7, 11) is 1.77. The molecule has 1 N–H and O–H groups in total. The molecule has 122 valence electrons. The van der Waals surface area contributed by atoms with Gasteiger partial charge in [-0.25, -0.2) is 0 Å². The SMILES string of the molecule is CC(=O)c1cc(C(=O)NCCOC2CCCCC2C)n(C)c1. The van der Waals surface area contributed by atoms with E-state index in [0.29, 0.717) is 36.4 Å². The van der Waals surface area contributed by atoms with Crippen molar-refractivity contribution in [3.63, 3.8) is 0 Å². The van der Waals surface area contributed by atoms with Crippen LogP contribution in [-0.4, -0.2) is 35.5 Å². The molecule has 0 aliphatic heterocycles. The van der Waals surface area contributed by atoms with Crippen LogP contribution < -0.4 is 5.32 Å². The second-order valence-electron chi connectivity index (χ2n) is 6.21. The van der Waals surface area contributed by atoms with E-state index in [0.717, 1.165) is 6.42 Å². The molecule has 1 amide bonds. The van der Waals surface area contributed by atoms with Gasteiger partial charge in [-0.1, -0.05) is 19.8 Å². The van der Waals surface area contributed by atoms with E-state index in [1.165, 1.54) is 26.2 Å². The number of rotatable bonds is 6. The van der Waals surface area contributed by atoms with Gasteiger partial charge in [-0.15, -0.1) is 0 Å². The Bertz CT molecular complexity index is 536. The molecule has 0 spiro atoms. The summed E-state index contributed by atoms with van der Waals surface area (Å²) in [6, 6.07) is 1.63. The highest BCUT2D eigenvalue weighted by Gasteiger charge is 2.21. The maximum Gasteiger partial charge on any atom is 0.267 e. The maximum absolute atomic E-state index is 12.1. The summed E-state index contributed by atoms with van der Waals surface area (Å²) in [4.78, 5) is 23.5. The lowest BCUT2D eigenvalue weighted by Gasteiger charge is -2.28. The van der Waals surface area contributed by atoms with Crippen molar-refractivity contribution >= 4 is 11.7 Å². The van der Waals surface area contributed by atoms with Gasteiger partial charge in [-0.3, -0.25) is 9.59 Å². The smallest absolute Gasteiger partial charge is 0.267 e. The van der Waals surface area contributed by atoms with Crippen LogP contribution in [0.2, 0.25) is 0 Å². The molecule has 0 radical (unpaired) electrons. The minimum atomic E-state index is -0.171. The lowest BCUT2D eigenvalue weighted by atomic mass is 9.88. The first-order chi connectivity index (χ1) is 10.5. The molecule has 1 aliphatic rings. The largest absolute Gasteiger partial charge is 0.376 e. The van der Waals surface area contributed by atoms with Crippen LogP contribution in [0.4, 0.5) is 0 Å². The van der Waals surface area contributed by atoms with E-state index in [4.69, 9.17) is 4.74 Å². The molecule has 2 rings (SSSR count).